The van der Waals surface area contributed by atoms with E-state index in [1.54, 1.807) is 36.4 Å². The highest BCUT2D eigenvalue weighted by Gasteiger charge is 2.31. The van der Waals surface area contributed by atoms with Crippen molar-refractivity contribution >= 4 is 29.4 Å². The van der Waals surface area contributed by atoms with Crippen LogP contribution < -0.4 is 21.1 Å². The lowest BCUT2D eigenvalue weighted by molar-refractivity contribution is -0.137. The zero-order valence-electron chi connectivity index (χ0n) is 19.7. The number of carbonyl (C=O) groups is 2. The van der Waals surface area contributed by atoms with Crippen molar-refractivity contribution < 1.29 is 27.5 Å². The number of halogens is 3. The molecule has 7 nitrogen and oxygen atoms in total. The Bertz CT molecular complexity index is 1320. The van der Waals surface area contributed by atoms with E-state index in [0.29, 0.717) is 28.4 Å². The van der Waals surface area contributed by atoms with Gasteiger partial charge in [-0.2, -0.15) is 13.2 Å². The number of amides is 2. The summed E-state index contributed by atoms with van der Waals surface area (Å²) in [6.07, 6.45) is 1.74. The predicted octanol–water partition coefficient (Wildman–Crippen LogP) is 5.39. The molecule has 0 unspecified atom stereocenters. The molecule has 0 atom stereocenters. The van der Waals surface area contributed by atoms with Gasteiger partial charge in [-0.3, -0.25) is 9.59 Å². The molecule has 2 amide bonds. The van der Waals surface area contributed by atoms with Gasteiger partial charge in [0, 0.05) is 29.9 Å². The molecule has 2 aromatic carbocycles. The summed E-state index contributed by atoms with van der Waals surface area (Å²) in [5.41, 5.74) is 5.67. The molecule has 1 fully saturated rings. The number of alkyl halides is 3. The molecule has 0 spiro atoms. The lowest BCUT2D eigenvalue weighted by Gasteiger charge is -2.12. The first kappa shape index (κ1) is 25.9. The molecule has 0 saturated heterocycles. The van der Waals surface area contributed by atoms with Crippen LogP contribution in [0.15, 0.2) is 66.9 Å². The maximum atomic E-state index is 13.2. The average Bonchev–Trinajstić information content (AvgIpc) is 3.69. The Kier molecular flexibility index (Phi) is 7.88. The topological polar surface area (TPSA) is 106 Å². The molecule has 0 radical (unpaired) electrons. The highest BCUT2D eigenvalue weighted by atomic mass is 19.4. The van der Waals surface area contributed by atoms with E-state index in [1.807, 2.05) is 0 Å². The van der Waals surface area contributed by atoms with Crippen molar-refractivity contribution in [1.29, 1.82) is 0 Å². The maximum absolute atomic E-state index is 13.2. The SMILES string of the molecule is NCCc1cc(NC(=O)/C=C/c2cccc(Oc3ccnc(NC(=O)C4CC4)c3)c2)cc(C(F)(F)F)c1. The molecule has 37 heavy (non-hydrogen) atoms. The highest BCUT2D eigenvalue weighted by molar-refractivity contribution is 6.02. The van der Waals surface area contributed by atoms with E-state index >= 15 is 0 Å². The summed E-state index contributed by atoms with van der Waals surface area (Å²) in [6, 6.07) is 13.5. The van der Waals surface area contributed by atoms with Crippen LogP contribution in [0.25, 0.3) is 6.08 Å². The summed E-state index contributed by atoms with van der Waals surface area (Å²) in [4.78, 5) is 28.5. The number of carbonyl (C=O) groups excluding carboxylic acids is 2. The summed E-state index contributed by atoms with van der Waals surface area (Å²) >= 11 is 0. The zero-order chi connectivity index (χ0) is 26.4. The van der Waals surface area contributed by atoms with Crippen LogP contribution in [0.5, 0.6) is 11.5 Å². The first-order valence-electron chi connectivity index (χ1n) is 11.6. The van der Waals surface area contributed by atoms with E-state index in [-0.39, 0.29) is 30.5 Å². The third kappa shape index (κ3) is 7.65. The van der Waals surface area contributed by atoms with Gasteiger partial charge in [0.2, 0.25) is 11.8 Å². The van der Waals surface area contributed by atoms with E-state index in [9.17, 15) is 22.8 Å². The minimum Gasteiger partial charge on any atom is -0.457 e. The number of benzene rings is 2. The Balaban J connectivity index is 1.41. The van der Waals surface area contributed by atoms with Crippen molar-refractivity contribution in [3.63, 3.8) is 0 Å². The van der Waals surface area contributed by atoms with Crippen LogP contribution in [-0.2, 0) is 22.2 Å². The first-order valence-corrected chi connectivity index (χ1v) is 11.6. The van der Waals surface area contributed by atoms with Crippen molar-refractivity contribution in [3.05, 3.63) is 83.6 Å². The predicted molar refractivity (Wildman–Crippen MR) is 134 cm³/mol. The third-order valence-electron chi connectivity index (χ3n) is 5.47. The number of nitrogens with one attached hydrogen (secondary N) is 2. The largest absolute Gasteiger partial charge is 0.457 e. The summed E-state index contributed by atoms with van der Waals surface area (Å²) < 4.78 is 45.5. The molecule has 1 aliphatic carbocycles. The number of anilines is 2. The summed E-state index contributed by atoms with van der Waals surface area (Å²) in [5.74, 6) is 0.751. The van der Waals surface area contributed by atoms with Crippen molar-refractivity contribution in [3.8, 4) is 11.5 Å². The van der Waals surface area contributed by atoms with Crippen LogP contribution in [-0.4, -0.2) is 23.3 Å². The number of hydrogen-bond donors (Lipinski definition) is 3. The fourth-order valence-electron chi connectivity index (χ4n) is 3.53. The van der Waals surface area contributed by atoms with Gasteiger partial charge in [0.05, 0.1) is 5.56 Å². The van der Waals surface area contributed by atoms with E-state index in [4.69, 9.17) is 10.5 Å². The Labute approximate surface area is 211 Å². The number of aromatic nitrogens is 1. The van der Waals surface area contributed by atoms with Crippen LogP contribution in [0.4, 0.5) is 24.7 Å². The number of rotatable bonds is 9. The van der Waals surface area contributed by atoms with Gasteiger partial charge in [-0.1, -0.05) is 12.1 Å². The molecule has 0 bridgehead atoms. The second-order valence-corrected chi connectivity index (χ2v) is 8.59. The van der Waals surface area contributed by atoms with Gasteiger partial charge < -0.3 is 21.1 Å². The van der Waals surface area contributed by atoms with Gasteiger partial charge in [0.15, 0.2) is 0 Å². The molecular formula is C27H25F3N4O3. The van der Waals surface area contributed by atoms with E-state index in [1.165, 1.54) is 24.4 Å². The third-order valence-corrected chi connectivity index (χ3v) is 5.47. The van der Waals surface area contributed by atoms with Crippen molar-refractivity contribution in [1.82, 2.24) is 4.98 Å². The number of nitrogens with two attached hydrogens (primary N) is 1. The molecule has 4 rings (SSSR count). The second kappa shape index (κ2) is 11.3. The fraction of sp³-hybridized carbons (Fsp3) is 0.222. The highest BCUT2D eigenvalue weighted by Crippen LogP contribution is 2.32. The Morgan fingerprint density at radius 2 is 1.84 bits per heavy atom. The Hall–Kier alpha value is -4.18. The summed E-state index contributed by atoms with van der Waals surface area (Å²) in [5, 5.41) is 5.23. The normalized spacial score (nSPS) is 13.4. The Morgan fingerprint density at radius 3 is 2.57 bits per heavy atom. The smallest absolute Gasteiger partial charge is 0.416 e. The fourth-order valence-corrected chi connectivity index (χ4v) is 3.53. The lowest BCUT2D eigenvalue weighted by Crippen LogP contribution is -2.14. The molecule has 1 aliphatic rings. The monoisotopic (exact) mass is 510 g/mol. The molecular weight excluding hydrogens is 485 g/mol. The summed E-state index contributed by atoms with van der Waals surface area (Å²) in [6.45, 7) is 0.183. The van der Waals surface area contributed by atoms with E-state index in [2.05, 4.69) is 15.6 Å². The minimum absolute atomic E-state index is 0.0345. The molecule has 1 saturated carbocycles. The van der Waals surface area contributed by atoms with Crippen LogP contribution in [0.3, 0.4) is 0 Å². The van der Waals surface area contributed by atoms with Crippen LogP contribution in [0, 0.1) is 5.92 Å². The summed E-state index contributed by atoms with van der Waals surface area (Å²) in [7, 11) is 0. The molecule has 192 valence electrons. The number of pyridine rings is 1. The van der Waals surface area contributed by atoms with Crippen molar-refractivity contribution in [2.45, 2.75) is 25.4 Å². The van der Waals surface area contributed by atoms with Gasteiger partial charge in [0.25, 0.3) is 0 Å². The van der Waals surface area contributed by atoms with Crippen LogP contribution in [0.2, 0.25) is 0 Å². The van der Waals surface area contributed by atoms with Crippen molar-refractivity contribution in [2.75, 3.05) is 17.2 Å². The quantitative estimate of drug-likeness (QED) is 0.335. The maximum Gasteiger partial charge on any atom is 0.416 e. The van der Waals surface area contributed by atoms with Crippen LogP contribution in [0.1, 0.15) is 29.5 Å². The molecule has 4 N–H and O–H groups in total. The molecule has 1 heterocycles. The average molecular weight is 511 g/mol. The molecule has 10 heteroatoms. The van der Waals surface area contributed by atoms with Gasteiger partial charge in [-0.25, -0.2) is 4.98 Å². The standard InChI is InChI=1S/C27H25F3N4O3/c28-27(29,30)20-12-18(8-10-31)13-21(15-20)33-25(35)7-4-17-2-1-3-22(14-17)37-23-9-11-32-24(16-23)34-26(36)19-5-6-19/h1-4,7,9,11-16,19H,5-6,8,10,31H2,(H,33,35)(H,32,34,36)/b7-4+. The molecule has 3 aromatic rings. The van der Waals surface area contributed by atoms with Gasteiger partial charge in [-0.05, 0) is 79.4 Å². The molecule has 0 aliphatic heterocycles. The first-order chi connectivity index (χ1) is 17.7. The van der Waals surface area contributed by atoms with Crippen LogP contribution >= 0.6 is 0 Å². The Morgan fingerprint density at radius 1 is 1.05 bits per heavy atom. The number of ether oxygens (including phenoxy) is 1. The second-order valence-electron chi connectivity index (χ2n) is 8.59. The number of hydrogen-bond acceptors (Lipinski definition) is 5. The van der Waals surface area contributed by atoms with E-state index < -0.39 is 17.6 Å². The van der Waals surface area contributed by atoms with Gasteiger partial charge in [0.1, 0.15) is 17.3 Å². The van der Waals surface area contributed by atoms with Gasteiger partial charge >= 0.3 is 6.18 Å². The number of nitrogens with zero attached hydrogens (tertiary/aromatic N) is 1. The van der Waals surface area contributed by atoms with E-state index in [0.717, 1.165) is 25.0 Å². The van der Waals surface area contributed by atoms with Gasteiger partial charge in [-0.15, -0.1) is 0 Å². The van der Waals surface area contributed by atoms with Crippen molar-refractivity contribution in [2.24, 2.45) is 11.7 Å². The molecule has 1 aromatic heterocycles. The zero-order valence-corrected chi connectivity index (χ0v) is 19.7. The minimum atomic E-state index is -4.54. The lowest BCUT2D eigenvalue weighted by atomic mass is 10.1.